The van der Waals surface area contributed by atoms with Crippen LogP contribution in [0, 0.1) is 5.63 Å². The van der Waals surface area contributed by atoms with Crippen LogP contribution in [-0.2, 0) is 14.7 Å². The van der Waals surface area contributed by atoms with Gasteiger partial charge in [-0.3, -0.25) is 0 Å². The second-order valence-corrected chi connectivity index (χ2v) is 3.36. The first kappa shape index (κ1) is 8.92. The number of hydrogen-bond acceptors (Lipinski definition) is 3. The standard InChI is InChI=1S/C3H5O4PS/c4-8-2-1-3-9(5,6)7/h1,3H2,(H,5,6,7). The maximum absolute atomic E-state index is 9.92. The van der Waals surface area contributed by atoms with E-state index in [-0.39, 0.29) is 14.3 Å². The van der Waals surface area contributed by atoms with Crippen molar-refractivity contribution in [2.24, 2.45) is 0 Å². The SMILES string of the molecule is O=P#CCCS(=O)(=O)O. The Hall–Kier alpha value is -0.0800. The van der Waals surface area contributed by atoms with Crippen LogP contribution in [0.2, 0.25) is 0 Å². The van der Waals surface area contributed by atoms with E-state index in [9.17, 15) is 13.0 Å². The van der Waals surface area contributed by atoms with Gasteiger partial charge in [-0.05, 0) is 0 Å². The average Bonchev–Trinajstić information content (AvgIpc) is 1.63. The Bertz CT molecular complexity index is 259. The van der Waals surface area contributed by atoms with Gasteiger partial charge < -0.3 is 0 Å². The fraction of sp³-hybridized carbons (Fsp3) is 0.667. The molecule has 0 aromatic rings. The normalized spacial score (nSPS) is 10.3. The van der Waals surface area contributed by atoms with Crippen LogP contribution in [0.15, 0.2) is 0 Å². The van der Waals surface area contributed by atoms with Gasteiger partial charge >= 0.3 is 53.4 Å². The van der Waals surface area contributed by atoms with Crippen LogP contribution in [0.1, 0.15) is 6.42 Å². The molecule has 0 bridgehead atoms. The van der Waals surface area contributed by atoms with Crippen LogP contribution < -0.4 is 0 Å². The van der Waals surface area contributed by atoms with E-state index in [4.69, 9.17) is 4.55 Å². The molecule has 0 heterocycles. The Morgan fingerprint density at radius 1 is 1.56 bits per heavy atom. The van der Waals surface area contributed by atoms with Crippen molar-refractivity contribution in [3.8, 4) is 5.63 Å². The Morgan fingerprint density at radius 2 is 2.11 bits per heavy atom. The van der Waals surface area contributed by atoms with Gasteiger partial charge in [0.15, 0.2) is 0 Å². The predicted molar refractivity (Wildman–Crippen MR) is 32.5 cm³/mol. The molecule has 0 spiro atoms. The van der Waals surface area contributed by atoms with Gasteiger partial charge in [-0.25, -0.2) is 0 Å². The van der Waals surface area contributed by atoms with E-state index < -0.39 is 15.9 Å². The third kappa shape index (κ3) is 7.92. The molecule has 52 valence electrons. The predicted octanol–water partition coefficient (Wildman–Crippen LogP) is 0.515. The molecule has 9 heavy (non-hydrogen) atoms. The Morgan fingerprint density at radius 3 is 2.44 bits per heavy atom. The fourth-order valence-corrected chi connectivity index (χ4v) is 0.935. The van der Waals surface area contributed by atoms with E-state index in [0.29, 0.717) is 0 Å². The second kappa shape index (κ2) is 3.85. The molecule has 0 fully saturated rings. The van der Waals surface area contributed by atoms with E-state index in [1.54, 1.807) is 0 Å². The molecule has 0 aliphatic carbocycles. The zero-order valence-electron chi connectivity index (χ0n) is 4.44. The van der Waals surface area contributed by atoms with Crippen molar-refractivity contribution in [2.75, 3.05) is 5.75 Å². The van der Waals surface area contributed by atoms with Crippen molar-refractivity contribution < 1.29 is 17.5 Å². The van der Waals surface area contributed by atoms with Crippen LogP contribution in [0.25, 0.3) is 0 Å². The molecule has 0 aliphatic rings. The molecule has 0 rings (SSSR count). The minimum absolute atomic E-state index is 0.0100. The van der Waals surface area contributed by atoms with E-state index in [1.807, 2.05) is 0 Å². The summed E-state index contributed by atoms with van der Waals surface area (Å²) in [5, 5.41) is 0. The van der Waals surface area contributed by atoms with E-state index in [0.717, 1.165) is 0 Å². The molecule has 0 unspecified atom stereocenters. The molecule has 4 nitrogen and oxygen atoms in total. The van der Waals surface area contributed by atoms with Crippen molar-refractivity contribution in [2.45, 2.75) is 6.42 Å². The summed E-state index contributed by atoms with van der Waals surface area (Å²) >= 11 is 0. The Balaban J connectivity index is 3.75. The quantitative estimate of drug-likeness (QED) is 0.481. The first-order valence-corrected chi connectivity index (χ1v) is 4.49. The van der Waals surface area contributed by atoms with Crippen molar-refractivity contribution >= 4 is 18.0 Å². The van der Waals surface area contributed by atoms with Crippen LogP contribution >= 0.6 is 7.92 Å². The first-order chi connectivity index (χ1) is 4.06. The molecule has 6 heteroatoms. The molecule has 0 saturated carbocycles. The average molecular weight is 168 g/mol. The van der Waals surface area contributed by atoms with Gasteiger partial charge in [0.2, 0.25) is 0 Å². The van der Waals surface area contributed by atoms with Gasteiger partial charge in [-0.2, -0.15) is 0 Å². The molecule has 0 saturated heterocycles. The summed E-state index contributed by atoms with van der Waals surface area (Å²) in [6.45, 7) is 0. The summed E-state index contributed by atoms with van der Waals surface area (Å²) < 4.78 is 37.5. The van der Waals surface area contributed by atoms with Gasteiger partial charge in [0.25, 0.3) is 0 Å². The van der Waals surface area contributed by atoms with Crippen molar-refractivity contribution in [1.82, 2.24) is 0 Å². The van der Waals surface area contributed by atoms with Crippen LogP contribution in [0.3, 0.4) is 0 Å². The van der Waals surface area contributed by atoms with E-state index in [2.05, 4.69) is 5.63 Å². The third-order valence-electron chi connectivity index (χ3n) is 0.536. The monoisotopic (exact) mass is 168 g/mol. The summed E-state index contributed by atoms with van der Waals surface area (Å²) in [5.41, 5.74) is 2.18. The second-order valence-electron chi connectivity index (χ2n) is 1.29. The van der Waals surface area contributed by atoms with Crippen molar-refractivity contribution in [3.63, 3.8) is 0 Å². The van der Waals surface area contributed by atoms with Crippen molar-refractivity contribution in [3.05, 3.63) is 0 Å². The molecule has 0 aromatic carbocycles. The number of hydrogen-bond donors (Lipinski definition) is 1. The molecule has 0 aromatic heterocycles. The molecular formula is C3H5O4PS. The van der Waals surface area contributed by atoms with Crippen LogP contribution in [0.4, 0.5) is 0 Å². The molecule has 0 amide bonds. The van der Waals surface area contributed by atoms with Gasteiger partial charge in [0, 0.05) is 0 Å². The molecule has 0 aliphatic heterocycles. The van der Waals surface area contributed by atoms with Crippen LogP contribution in [-0.4, -0.2) is 18.7 Å². The Labute approximate surface area is 54.1 Å². The fourth-order valence-electron chi connectivity index (χ4n) is 0.220. The maximum atomic E-state index is 9.92. The summed E-state index contributed by atoms with van der Waals surface area (Å²) in [6, 6.07) is 0. The third-order valence-corrected chi connectivity index (χ3v) is 1.61. The number of rotatable bonds is 2. The molecular weight excluding hydrogens is 163 g/mol. The van der Waals surface area contributed by atoms with Gasteiger partial charge in [0.1, 0.15) is 0 Å². The van der Waals surface area contributed by atoms with Gasteiger partial charge in [-0.1, -0.05) is 0 Å². The van der Waals surface area contributed by atoms with Gasteiger partial charge in [-0.15, -0.1) is 0 Å². The molecule has 1 N–H and O–H groups in total. The zero-order chi connectivity index (χ0) is 7.33. The minimum atomic E-state index is -3.90. The van der Waals surface area contributed by atoms with Crippen LogP contribution in [0.5, 0.6) is 0 Å². The van der Waals surface area contributed by atoms with Gasteiger partial charge in [0.05, 0.1) is 0 Å². The van der Waals surface area contributed by atoms with Crippen molar-refractivity contribution in [1.29, 1.82) is 0 Å². The summed E-state index contributed by atoms with van der Waals surface area (Å²) in [4.78, 5) is 0. The van der Waals surface area contributed by atoms with E-state index >= 15 is 0 Å². The summed E-state index contributed by atoms with van der Waals surface area (Å²) in [6.07, 6.45) is -0.0100. The molecule has 0 atom stereocenters. The summed E-state index contributed by atoms with van der Waals surface area (Å²) in [7, 11) is -4.23. The zero-order valence-corrected chi connectivity index (χ0v) is 6.15. The topological polar surface area (TPSA) is 71.4 Å². The first-order valence-electron chi connectivity index (χ1n) is 2.06. The Kier molecular flexibility index (Phi) is 3.82. The van der Waals surface area contributed by atoms with E-state index in [1.165, 1.54) is 0 Å². The molecule has 0 radical (unpaired) electrons. The summed E-state index contributed by atoms with van der Waals surface area (Å²) in [5.74, 6) is -0.414.